The predicted octanol–water partition coefficient (Wildman–Crippen LogP) is 3.33. The Balaban J connectivity index is 2.48. The summed E-state index contributed by atoms with van der Waals surface area (Å²) in [5.74, 6) is 0. The van der Waals surface area contributed by atoms with Crippen LogP contribution in [0.25, 0.3) is 0 Å². The van der Waals surface area contributed by atoms with Crippen LogP contribution in [0.15, 0.2) is 21.5 Å². The average Bonchev–Trinajstić information content (AvgIpc) is 2.31. The SMILES string of the molecule is CCCCC1=CCC(C)=[C]1[V]. The number of rotatable bonds is 3. The fourth-order valence-corrected chi connectivity index (χ4v) is 1.79. The average molecular weight is 186 g/mol. The van der Waals surface area contributed by atoms with E-state index in [1.807, 2.05) is 0 Å². The van der Waals surface area contributed by atoms with Crippen LogP contribution >= 0.6 is 0 Å². The van der Waals surface area contributed by atoms with Gasteiger partial charge < -0.3 is 0 Å². The van der Waals surface area contributed by atoms with Gasteiger partial charge in [0.2, 0.25) is 0 Å². The third kappa shape index (κ3) is 2.25. The molecule has 1 rings (SSSR count). The number of unbranched alkanes of at least 4 members (excludes halogenated alkanes) is 1. The van der Waals surface area contributed by atoms with Gasteiger partial charge in [-0.3, -0.25) is 0 Å². The Morgan fingerprint density at radius 3 is 2.73 bits per heavy atom. The molecule has 0 fully saturated rings. The fraction of sp³-hybridized carbons (Fsp3) is 0.600. The van der Waals surface area contributed by atoms with Crippen LogP contribution in [0.1, 0.15) is 39.5 Å². The van der Waals surface area contributed by atoms with E-state index >= 15 is 0 Å². The van der Waals surface area contributed by atoms with Gasteiger partial charge in [0.15, 0.2) is 0 Å². The van der Waals surface area contributed by atoms with Crippen molar-refractivity contribution in [2.75, 3.05) is 0 Å². The Morgan fingerprint density at radius 1 is 1.55 bits per heavy atom. The molecule has 0 aromatic heterocycles. The zero-order valence-electron chi connectivity index (χ0n) is 7.35. The van der Waals surface area contributed by atoms with Gasteiger partial charge in [-0.25, -0.2) is 0 Å². The molecule has 0 aromatic rings. The van der Waals surface area contributed by atoms with Crippen molar-refractivity contribution in [3.63, 3.8) is 0 Å². The molecule has 0 aromatic carbocycles. The third-order valence-electron chi connectivity index (χ3n) is 2.16. The minimum atomic E-state index is 1.18. The Hall–Kier alpha value is 0.0644. The van der Waals surface area contributed by atoms with Gasteiger partial charge in [-0.05, 0) is 0 Å². The molecule has 1 aliphatic rings. The summed E-state index contributed by atoms with van der Waals surface area (Å²) < 4.78 is 1.49. The van der Waals surface area contributed by atoms with Crippen molar-refractivity contribution in [3.05, 3.63) is 21.5 Å². The summed E-state index contributed by atoms with van der Waals surface area (Å²) in [7, 11) is 0. The molecular formula is C10H15V. The Kier molecular flexibility index (Phi) is 3.48. The summed E-state index contributed by atoms with van der Waals surface area (Å²) in [5.41, 5.74) is 3.11. The zero-order chi connectivity index (χ0) is 8.27. The van der Waals surface area contributed by atoms with Gasteiger partial charge in [-0.15, -0.1) is 0 Å². The van der Waals surface area contributed by atoms with Gasteiger partial charge in [-0.1, -0.05) is 0 Å². The summed E-state index contributed by atoms with van der Waals surface area (Å²) in [5, 5.41) is 0. The molecule has 60 valence electrons. The second-order valence-corrected chi connectivity index (χ2v) is 3.86. The summed E-state index contributed by atoms with van der Waals surface area (Å²) in [6.07, 6.45) is 7.47. The molecule has 0 heterocycles. The maximum absolute atomic E-state index is 2.71. The maximum atomic E-state index is 2.71. The molecule has 0 aliphatic heterocycles. The standard InChI is InChI=1S/C10H15.V/c1-3-4-5-10-7-6-9(2)8-10;/h7H,3-6H2,1-2H3;. The van der Waals surface area contributed by atoms with Crippen molar-refractivity contribution >= 4 is 0 Å². The van der Waals surface area contributed by atoms with Crippen LogP contribution in [0.2, 0.25) is 0 Å². The monoisotopic (exact) mass is 186 g/mol. The summed E-state index contributed by atoms with van der Waals surface area (Å²) >= 11 is 2.71. The molecule has 0 radical (unpaired) electrons. The molecule has 0 amide bonds. The van der Waals surface area contributed by atoms with Crippen LogP contribution in [0.5, 0.6) is 0 Å². The van der Waals surface area contributed by atoms with Crippen LogP contribution in [0, 0.1) is 0 Å². The van der Waals surface area contributed by atoms with Gasteiger partial charge in [0.1, 0.15) is 0 Å². The van der Waals surface area contributed by atoms with Crippen LogP contribution in [-0.2, 0) is 17.4 Å². The normalized spacial score (nSPS) is 17.5. The van der Waals surface area contributed by atoms with Crippen molar-refractivity contribution in [3.8, 4) is 0 Å². The van der Waals surface area contributed by atoms with Crippen LogP contribution in [0.4, 0.5) is 0 Å². The summed E-state index contributed by atoms with van der Waals surface area (Å²) in [6, 6.07) is 0. The predicted molar refractivity (Wildman–Crippen MR) is 44.9 cm³/mol. The molecule has 0 atom stereocenters. The van der Waals surface area contributed by atoms with E-state index in [4.69, 9.17) is 0 Å². The molecule has 11 heavy (non-hydrogen) atoms. The van der Waals surface area contributed by atoms with Crippen LogP contribution < -0.4 is 0 Å². The molecule has 0 spiro atoms. The van der Waals surface area contributed by atoms with Gasteiger partial charge in [-0.2, -0.15) is 0 Å². The van der Waals surface area contributed by atoms with Crippen molar-refractivity contribution < 1.29 is 17.4 Å². The van der Waals surface area contributed by atoms with Gasteiger partial charge >= 0.3 is 78.5 Å². The fourth-order valence-electron chi connectivity index (χ4n) is 1.33. The molecular weight excluding hydrogens is 171 g/mol. The molecule has 1 aliphatic carbocycles. The van der Waals surface area contributed by atoms with Crippen molar-refractivity contribution in [2.45, 2.75) is 39.5 Å². The van der Waals surface area contributed by atoms with Gasteiger partial charge in [0.05, 0.1) is 0 Å². The zero-order valence-corrected chi connectivity index (χ0v) is 8.75. The first-order valence-electron chi connectivity index (χ1n) is 4.33. The first kappa shape index (κ1) is 9.15. The quantitative estimate of drug-likeness (QED) is 0.634. The van der Waals surface area contributed by atoms with E-state index in [2.05, 4.69) is 37.3 Å². The molecule has 1 heteroatoms. The van der Waals surface area contributed by atoms with Crippen molar-refractivity contribution in [2.24, 2.45) is 0 Å². The van der Waals surface area contributed by atoms with Gasteiger partial charge in [0.25, 0.3) is 0 Å². The minimum absolute atomic E-state index is 1.18. The van der Waals surface area contributed by atoms with Crippen LogP contribution in [0.3, 0.4) is 0 Å². The summed E-state index contributed by atoms with van der Waals surface area (Å²) in [4.78, 5) is 0. The molecule has 0 bridgehead atoms. The number of hydrogen-bond acceptors (Lipinski definition) is 0. The molecule has 0 N–H and O–H groups in total. The van der Waals surface area contributed by atoms with E-state index in [0.29, 0.717) is 0 Å². The van der Waals surface area contributed by atoms with Crippen molar-refractivity contribution in [1.29, 1.82) is 0 Å². The Bertz CT molecular complexity index is 199. The third-order valence-corrected chi connectivity index (χ3v) is 3.21. The molecule has 0 nitrogen and oxygen atoms in total. The topological polar surface area (TPSA) is 0 Å². The van der Waals surface area contributed by atoms with Gasteiger partial charge in [0, 0.05) is 0 Å². The molecule has 0 saturated heterocycles. The Morgan fingerprint density at radius 2 is 2.27 bits per heavy atom. The van der Waals surface area contributed by atoms with E-state index < -0.39 is 0 Å². The molecule has 0 unspecified atom stereocenters. The summed E-state index contributed by atoms with van der Waals surface area (Å²) in [6.45, 7) is 4.47. The second kappa shape index (κ2) is 4.18. The van der Waals surface area contributed by atoms with Crippen LogP contribution in [-0.4, -0.2) is 0 Å². The van der Waals surface area contributed by atoms with E-state index in [0.717, 1.165) is 0 Å². The first-order valence-corrected chi connectivity index (χ1v) is 5.03. The second-order valence-electron chi connectivity index (χ2n) is 3.17. The van der Waals surface area contributed by atoms with E-state index in [9.17, 15) is 0 Å². The number of allylic oxidation sites excluding steroid dienone is 4. The number of hydrogen-bond donors (Lipinski definition) is 0. The first-order chi connectivity index (χ1) is 5.25. The molecule has 0 saturated carbocycles. The van der Waals surface area contributed by atoms with E-state index in [-0.39, 0.29) is 0 Å². The van der Waals surface area contributed by atoms with E-state index in [1.165, 1.54) is 35.5 Å². The van der Waals surface area contributed by atoms with E-state index in [1.54, 1.807) is 5.57 Å². The Labute approximate surface area is 78.7 Å². The van der Waals surface area contributed by atoms with Crippen molar-refractivity contribution in [1.82, 2.24) is 0 Å².